The lowest BCUT2D eigenvalue weighted by atomic mass is 9.82. The SMILES string of the molecule is NOC(c1ccc(COc2ccc3ccccc3n2)cc1)C1CCCCC1. The molecule has 1 aliphatic rings. The number of hydrogen-bond donors (Lipinski definition) is 1. The molecule has 0 amide bonds. The Hall–Kier alpha value is -2.43. The summed E-state index contributed by atoms with van der Waals surface area (Å²) in [6, 6.07) is 20.4. The van der Waals surface area contributed by atoms with Crippen LogP contribution in [0.4, 0.5) is 0 Å². The number of hydrogen-bond acceptors (Lipinski definition) is 4. The van der Waals surface area contributed by atoms with Crippen molar-refractivity contribution in [1.29, 1.82) is 0 Å². The van der Waals surface area contributed by atoms with E-state index in [4.69, 9.17) is 15.5 Å². The van der Waals surface area contributed by atoms with Gasteiger partial charge in [-0.25, -0.2) is 10.9 Å². The van der Waals surface area contributed by atoms with Gasteiger partial charge in [-0.1, -0.05) is 61.7 Å². The first-order chi connectivity index (χ1) is 13.3. The number of pyridine rings is 1. The maximum atomic E-state index is 5.88. The van der Waals surface area contributed by atoms with Crippen LogP contribution in [0.15, 0.2) is 60.7 Å². The zero-order valence-corrected chi connectivity index (χ0v) is 15.5. The second-order valence-electron chi connectivity index (χ2n) is 7.33. The molecule has 1 aliphatic carbocycles. The summed E-state index contributed by atoms with van der Waals surface area (Å²) in [5.74, 6) is 6.78. The summed E-state index contributed by atoms with van der Waals surface area (Å²) in [4.78, 5) is 9.90. The molecule has 3 aromatic rings. The van der Waals surface area contributed by atoms with Gasteiger partial charge < -0.3 is 4.74 Å². The van der Waals surface area contributed by atoms with Crippen molar-refractivity contribution in [1.82, 2.24) is 4.98 Å². The molecule has 140 valence electrons. The molecule has 0 radical (unpaired) electrons. The molecule has 0 spiro atoms. The van der Waals surface area contributed by atoms with Gasteiger partial charge in [0.1, 0.15) is 12.7 Å². The zero-order valence-electron chi connectivity index (χ0n) is 15.5. The van der Waals surface area contributed by atoms with E-state index in [9.17, 15) is 0 Å². The maximum Gasteiger partial charge on any atom is 0.214 e. The summed E-state index contributed by atoms with van der Waals surface area (Å²) in [6.45, 7) is 0.489. The third-order valence-corrected chi connectivity index (χ3v) is 5.49. The lowest BCUT2D eigenvalue weighted by Gasteiger charge is -2.28. The molecule has 1 atom stereocenters. The highest BCUT2D eigenvalue weighted by molar-refractivity contribution is 5.78. The summed E-state index contributed by atoms with van der Waals surface area (Å²) < 4.78 is 5.88. The van der Waals surface area contributed by atoms with E-state index in [0.29, 0.717) is 18.4 Å². The van der Waals surface area contributed by atoms with Gasteiger partial charge in [0, 0.05) is 11.5 Å². The van der Waals surface area contributed by atoms with Crippen LogP contribution in [0.25, 0.3) is 10.9 Å². The monoisotopic (exact) mass is 362 g/mol. The minimum atomic E-state index is -0.0116. The zero-order chi connectivity index (χ0) is 18.5. The highest BCUT2D eigenvalue weighted by Gasteiger charge is 2.25. The minimum Gasteiger partial charge on any atom is -0.473 e. The average molecular weight is 362 g/mol. The number of nitrogens with zero attached hydrogens (tertiary/aromatic N) is 1. The first-order valence-electron chi connectivity index (χ1n) is 9.76. The summed E-state index contributed by atoms with van der Waals surface area (Å²) in [7, 11) is 0. The molecule has 0 bridgehead atoms. The molecule has 1 saturated carbocycles. The van der Waals surface area contributed by atoms with Crippen molar-refractivity contribution >= 4 is 10.9 Å². The van der Waals surface area contributed by atoms with Gasteiger partial charge in [0.15, 0.2) is 0 Å². The van der Waals surface area contributed by atoms with Gasteiger partial charge in [0.25, 0.3) is 0 Å². The minimum absolute atomic E-state index is 0.0116. The van der Waals surface area contributed by atoms with Gasteiger partial charge in [0.2, 0.25) is 5.88 Å². The Balaban J connectivity index is 1.40. The third-order valence-electron chi connectivity index (χ3n) is 5.49. The predicted molar refractivity (Wildman–Crippen MR) is 107 cm³/mol. The fourth-order valence-electron chi connectivity index (χ4n) is 3.99. The van der Waals surface area contributed by atoms with Crippen LogP contribution in [0.1, 0.15) is 49.3 Å². The first-order valence-corrected chi connectivity index (χ1v) is 9.76. The van der Waals surface area contributed by atoms with Crippen LogP contribution >= 0.6 is 0 Å². The molecule has 4 rings (SSSR count). The molecule has 4 nitrogen and oxygen atoms in total. The van der Waals surface area contributed by atoms with Crippen molar-refractivity contribution in [2.45, 2.75) is 44.8 Å². The normalized spacial score (nSPS) is 16.3. The van der Waals surface area contributed by atoms with Crippen LogP contribution in [0, 0.1) is 5.92 Å². The molecule has 2 N–H and O–H groups in total. The number of rotatable bonds is 6. The molecule has 2 aromatic carbocycles. The Labute approximate surface area is 160 Å². The Kier molecular flexibility index (Phi) is 5.66. The Bertz CT molecular complexity index is 873. The topological polar surface area (TPSA) is 57.4 Å². The van der Waals surface area contributed by atoms with Gasteiger partial charge in [-0.05, 0) is 42.0 Å². The number of benzene rings is 2. The quantitative estimate of drug-likeness (QED) is 0.603. The average Bonchev–Trinajstić information content (AvgIpc) is 2.74. The molecule has 1 unspecified atom stereocenters. The van der Waals surface area contributed by atoms with E-state index in [-0.39, 0.29) is 6.10 Å². The van der Waals surface area contributed by atoms with Crippen LogP contribution in [-0.4, -0.2) is 4.98 Å². The van der Waals surface area contributed by atoms with Gasteiger partial charge in [-0.15, -0.1) is 0 Å². The van der Waals surface area contributed by atoms with Crippen LogP contribution in [0.2, 0.25) is 0 Å². The highest BCUT2D eigenvalue weighted by atomic mass is 16.6. The lowest BCUT2D eigenvalue weighted by Crippen LogP contribution is -2.21. The van der Waals surface area contributed by atoms with Crippen molar-refractivity contribution in [3.05, 3.63) is 71.8 Å². The van der Waals surface area contributed by atoms with Crippen molar-refractivity contribution in [3.63, 3.8) is 0 Å². The molecule has 1 fully saturated rings. The number of ether oxygens (including phenoxy) is 1. The van der Waals surface area contributed by atoms with Crippen molar-refractivity contribution in [3.8, 4) is 5.88 Å². The highest BCUT2D eigenvalue weighted by Crippen LogP contribution is 2.36. The number of fused-ring (bicyclic) bond motifs is 1. The van der Waals surface area contributed by atoms with Crippen molar-refractivity contribution in [2.75, 3.05) is 0 Å². The molecular weight excluding hydrogens is 336 g/mol. The molecule has 1 heterocycles. The summed E-state index contributed by atoms with van der Waals surface area (Å²) in [6.07, 6.45) is 6.25. The number of aromatic nitrogens is 1. The number of nitrogens with two attached hydrogens (primary N) is 1. The Morgan fingerprint density at radius 3 is 2.48 bits per heavy atom. The van der Waals surface area contributed by atoms with Gasteiger partial charge in [-0.3, -0.25) is 4.84 Å². The molecule has 4 heteroatoms. The van der Waals surface area contributed by atoms with Crippen LogP contribution in [0.5, 0.6) is 5.88 Å². The summed E-state index contributed by atoms with van der Waals surface area (Å²) >= 11 is 0. The molecule has 1 aromatic heterocycles. The smallest absolute Gasteiger partial charge is 0.214 e. The number of para-hydroxylation sites is 1. The van der Waals surface area contributed by atoms with Crippen LogP contribution in [-0.2, 0) is 11.4 Å². The Morgan fingerprint density at radius 2 is 1.70 bits per heavy atom. The largest absolute Gasteiger partial charge is 0.473 e. The van der Waals surface area contributed by atoms with Crippen molar-refractivity contribution in [2.24, 2.45) is 11.8 Å². The Morgan fingerprint density at radius 1 is 0.926 bits per heavy atom. The van der Waals surface area contributed by atoms with Gasteiger partial charge in [0.05, 0.1) is 5.52 Å². The summed E-state index contributed by atoms with van der Waals surface area (Å²) in [5.41, 5.74) is 3.20. The third kappa shape index (κ3) is 4.29. The van der Waals surface area contributed by atoms with Crippen LogP contribution in [0.3, 0.4) is 0 Å². The lowest BCUT2D eigenvalue weighted by molar-refractivity contribution is -0.00277. The van der Waals surface area contributed by atoms with E-state index in [2.05, 4.69) is 29.2 Å². The van der Waals surface area contributed by atoms with Crippen molar-refractivity contribution < 1.29 is 9.57 Å². The molecular formula is C23H26N2O2. The second kappa shape index (κ2) is 8.51. The maximum absolute atomic E-state index is 5.88. The standard InChI is InChI=1S/C23H26N2O2/c24-27-23(19-7-2-1-3-8-19)20-12-10-17(11-13-20)16-26-22-15-14-18-6-4-5-9-21(18)25-22/h4-6,9-15,19,23H,1-3,7-8,16,24H2. The predicted octanol–water partition coefficient (Wildman–Crippen LogP) is 5.33. The van der Waals surface area contributed by atoms with Crippen LogP contribution < -0.4 is 10.6 Å². The first kappa shape index (κ1) is 18.0. The van der Waals surface area contributed by atoms with E-state index in [0.717, 1.165) is 22.0 Å². The molecule has 0 saturated heterocycles. The van der Waals surface area contributed by atoms with E-state index >= 15 is 0 Å². The second-order valence-corrected chi connectivity index (χ2v) is 7.33. The molecule has 0 aliphatic heterocycles. The van der Waals surface area contributed by atoms with Gasteiger partial charge in [-0.2, -0.15) is 0 Å². The fraction of sp³-hybridized carbons (Fsp3) is 0.348. The summed E-state index contributed by atoms with van der Waals surface area (Å²) in [5, 5.41) is 1.12. The van der Waals surface area contributed by atoms with Gasteiger partial charge >= 0.3 is 0 Å². The fourth-order valence-corrected chi connectivity index (χ4v) is 3.99. The molecule has 27 heavy (non-hydrogen) atoms. The van der Waals surface area contributed by atoms with E-state index in [1.807, 2.05) is 36.4 Å². The van der Waals surface area contributed by atoms with E-state index in [1.165, 1.54) is 32.1 Å². The van der Waals surface area contributed by atoms with E-state index < -0.39 is 0 Å². The van der Waals surface area contributed by atoms with E-state index in [1.54, 1.807) is 0 Å².